The number of benzene rings is 1. The summed E-state index contributed by atoms with van der Waals surface area (Å²) in [5.41, 5.74) is 1.97. The van der Waals surface area contributed by atoms with Gasteiger partial charge in [-0.15, -0.1) is 0 Å². The average molecular weight is 285 g/mol. The van der Waals surface area contributed by atoms with Crippen LogP contribution in [0.3, 0.4) is 0 Å². The van der Waals surface area contributed by atoms with Gasteiger partial charge in [-0.1, -0.05) is 17.7 Å². The van der Waals surface area contributed by atoms with E-state index in [9.17, 15) is 0 Å². The molecule has 5 heteroatoms. The zero-order valence-electron chi connectivity index (χ0n) is 7.74. The van der Waals surface area contributed by atoms with Crippen LogP contribution in [-0.4, -0.2) is 24.1 Å². The Morgan fingerprint density at radius 1 is 1.40 bits per heavy atom. The zero-order valence-corrected chi connectivity index (χ0v) is 10.1. The number of amidine groups is 1. The minimum atomic E-state index is 0.484. The molecule has 0 radical (unpaired) electrons. The van der Waals surface area contributed by atoms with Crippen molar-refractivity contribution in [2.45, 2.75) is 0 Å². The minimum Gasteiger partial charge on any atom is -0.319 e. The highest BCUT2D eigenvalue weighted by Gasteiger charge is 2.29. The Balaban J connectivity index is 2.28. The number of fused-ring (bicyclic) bond motifs is 3. The quantitative estimate of drug-likeness (QED) is 0.720. The molecular weight excluding hydrogens is 277 g/mol. The SMILES string of the molecule is ClC1=Nc2cccc(Br)c2N2CCN=C12. The number of halogens is 2. The second kappa shape index (κ2) is 3.32. The van der Waals surface area contributed by atoms with Crippen LogP contribution in [-0.2, 0) is 0 Å². The molecule has 1 aromatic carbocycles. The number of hydrogen-bond donors (Lipinski definition) is 0. The van der Waals surface area contributed by atoms with Gasteiger partial charge in [0.2, 0.25) is 0 Å². The first-order valence-electron chi connectivity index (χ1n) is 4.62. The van der Waals surface area contributed by atoms with Gasteiger partial charge in [0.15, 0.2) is 11.0 Å². The lowest BCUT2D eigenvalue weighted by molar-refractivity contribution is 1.02. The van der Waals surface area contributed by atoms with Crippen molar-refractivity contribution in [1.29, 1.82) is 0 Å². The van der Waals surface area contributed by atoms with Gasteiger partial charge < -0.3 is 4.90 Å². The predicted molar refractivity (Wildman–Crippen MR) is 66.7 cm³/mol. The third-order valence-corrected chi connectivity index (χ3v) is 3.37. The first kappa shape index (κ1) is 9.36. The maximum Gasteiger partial charge on any atom is 0.172 e. The number of rotatable bonds is 0. The Labute approximate surface area is 101 Å². The molecule has 0 aromatic heterocycles. The summed E-state index contributed by atoms with van der Waals surface area (Å²) in [6, 6.07) is 5.91. The van der Waals surface area contributed by atoms with Crippen LogP contribution in [0, 0.1) is 0 Å². The number of para-hydroxylation sites is 1. The van der Waals surface area contributed by atoms with E-state index in [-0.39, 0.29) is 0 Å². The van der Waals surface area contributed by atoms with E-state index >= 15 is 0 Å². The van der Waals surface area contributed by atoms with Gasteiger partial charge >= 0.3 is 0 Å². The molecule has 0 amide bonds. The van der Waals surface area contributed by atoms with Crippen LogP contribution in [0.25, 0.3) is 0 Å². The van der Waals surface area contributed by atoms with E-state index < -0.39 is 0 Å². The molecule has 15 heavy (non-hydrogen) atoms. The van der Waals surface area contributed by atoms with Crippen LogP contribution >= 0.6 is 27.5 Å². The summed E-state index contributed by atoms with van der Waals surface area (Å²) >= 11 is 9.59. The minimum absolute atomic E-state index is 0.484. The Bertz CT molecular complexity index is 495. The van der Waals surface area contributed by atoms with Gasteiger partial charge in [-0.05, 0) is 28.1 Å². The first-order valence-corrected chi connectivity index (χ1v) is 5.79. The fourth-order valence-corrected chi connectivity index (χ4v) is 2.68. The van der Waals surface area contributed by atoms with E-state index in [1.54, 1.807) is 0 Å². The Morgan fingerprint density at radius 2 is 2.27 bits per heavy atom. The van der Waals surface area contributed by atoms with Crippen molar-refractivity contribution in [3.8, 4) is 0 Å². The van der Waals surface area contributed by atoms with Crippen molar-refractivity contribution < 1.29 is 0 Å². The lowest BCUT2D eigenvalue weighted by atomic mass is 10.2. The molecular formula is C10H7BrClN3. The summed E-state index contributed by atoms with van der Waals surface area (Å²) < 4.78 is 1.03. The molecule has 0 bridgehead atoms. The summed E-state index contributed by atoms with van der Waals surface area (Å²) in [6.07, 6.45) is 0. The molecule has 3 nitrogen and oxygen atoms in total. The average Bonchev–Trinajstić information content (AvgIpc) is 2.66. The molecule has 0 atom stereocenters. The fraction of sp³-hybridized carbons (Fsp3) is 0.200. The highest BCUT2D eigenvalue weighted by molar-refractivity contribution is 9.10. The monoisotopic (exact) mass is 283 g/mol. The molecule has 2 aliphatic heterocycles. The molecule has 0 saturated carbocycles. The predicted octanol–water partition coefficient (Wildman–Crippen LogP) is 2.95. The van der Waals surface area contributed by atoms with Gasteiger partial charge in [0.25, 0.3) is 0 Å². The van der Waals surface area contributed by atoms with Crippen molar-refractivity contribution in [3.63, 3.8) is 0 Å². The van der Waals surface area contributed by atoms with E-state index in [0.717, 1.165) is 34.8 Å². The van der Waals surface area contributed by atoms with Crippen LogP contribution in [0.1, 0.15) is 0 Å². The molecule has 0 saturated heterocycles. The largest absolute Gasteiger partial charge is 0.319 e. The van der Waals surface area contributed by atoms with E-state index in [2.05, 4.69) is 30.8 Å². The standard InChI is InChI=1S/C10H7BrClN3/c11-6-2-1-3-7-8(6)15-5-4-13-10(15)9(12)14-7/h1-3H,4-5H2. The summed E-state index contributed by atoms with van der Waals surface area (Å²) in [5, 5.41) is 0.484. The maximum absolute atomic E-state index is 6.06. The van der Waals surface area contributed by atoms with Crippen molar-refractivity contribution >= 4 is 49.9 Å². The molecule has 76 valence electrons. The molecule has 2 aliphatic rings. The smallest absolute Gasteiger partial charge is 0.172 e. The lowest BCUT2D eigenvalue weighted by Crippen LogP contribution is -2.33. The Morgan fingerprint density at radius 3 is 3.13 bits per heavy atom. The van der Waals surface area contributed by atoms with Gasteiger partial charge in [-0.3, -0.25) is 4.99 Å². The third-order valence-electron chi connectivity index (χ3n) is 2.48. The highest BCUT2D eigenvalue weighted by atomic mass is 79.9. The van der Waals surface area contributed by atoms with E-state index in [1.165, 1.54) is 0 Å². The number of nitrogens with zero attached hydrogens (tertiary/aromatic N) is 3. The number of hydrogen-bond acceptors (Lipinski definition) is 3. The summed E-state index contributed by atoms with van der Waals surface area (Å²) in [6.45, 7) is 1.65. The fourth-order valence-electron chi connectivity index (χ4n) is 1.86. The highest BCUT2D eigenvalue weighted by Crippen LogP contribution is 2.40. The van der Waals surface area contributed by atoms with Crippen molar-refractivity contribution in [2.24, 2.45) is 9.98 Å². The van der Waals surface area contributed by atoms with Crippen LogP contribution in [0.15, 0.2) is 32.7 Å². The molecule has 0 unspecified atom stereocenters. The molecule has 0 fully saturated rings. The molecule has 2 heterocycles. The van der Waals surface area contributed by atoms with E-state index in [0.29, 0.717) is 5.17 Å². The molecule has 0 aliphatic carbocycles. The summed E-state index contributed by atoms with van der Waals surface area (Å²) in [5.74, 6) is 0.788. The number of aliphatic imine (C=N–C) groups is 2. The van der Waals surface area contributed by atoms with Crippen molar-refractivity contribution in [3.05, 3.63) is 22.7 Å². The van der Waals surface area contributed by atoms with Crippen LogP contribution in [0.2, 0.25) is 0 Å². The van der Waals surface area contributed by atoms with Crippen molar-refractivity contribution in [1.82, 2.24) is 0 Å². The second-order valence-corrected chi connectivity index (χ2v) is 4.58. The van der Waals surface area contributed by atoms with Crippen molar-refractivity contribution in [2.75, 3.05) is 18.0 Å². The normalized spacial score (nSPS) is 18.1. The molecule has 3 rings (SSSR count). The Kier molecular flexibility index (Phi) is 2.07. The number of anilines is 1. The van der Waals surface area contributed by atoms with Gasteiger partial charge in [0.05, 0.1) is 17.9 Å². The van der Waals surface area contributed by atoms with Crippen LogP contribution < -0.4 is 4.90 Å². The van der Waals surface area contributed by atoms with E-state index in [4.69, 9.17) is 11.6 Å². The van der Waals surface area contributed by atoms with E-state index in [1.807, 2.05) is 18.2 Å². The summed E-state index contributed by atoms with van der Waals surface area (Å²) in [7, 11) is 0. The molecule has 0 N–H and O–H groups in total. The van der Waals surface area contributed by atoms with Crippen LogP contribution in [0.4, 0.5) is 11.4 Å². The summed E-state index contributed by atoms with van der Waals surface area (Å²) in [4.78, 5) is 10.8. The third kappa shape index (κ3) is 1.32. The van der Waals surface area contributed by atoms with Gasteiger partial charge in [-0.25, -0.2) is 4.99 Å². The lowest BCUT2D eigenvalue weighted by Gasteiger charge is -2.26. The zero-order chi connectivity index (χ0) is 10.4. The second-order valence-electron chi connectivity index (χ2n) is 3.37. The van der Waals surface area contributed by atoms with Crippen LogP contribution in [0.5, 0.6) is 0 Å². The van der Waals surface area contributed by atoms with Gasteiger partial charge in [0.1, 0.15) is 0 Å². The van der Waals surface area contributed by atoms with Gasteiger partial charge in [-0.2, -0.15) is 0 Å². The molecule has 1 aromatic rings. The van der Waals surface area contributed by atoms with Gasteiger partial charge in [0, 0.05) is 11.0 Å². The molecule has 0 spiro atoms. The Hall–Kier alpha value is -0.870. The topological polar surface area (TPSA) is 28.0 Å². The first-order chi connectivity index (χ1) is 7.27. The maximum atomic E-state index is 6.06.